The van der Waals surface area contributed by atoms with Gasteiger partial charge in [-0.2, -0.15) is 0 Å². The summed E-state index contributed by atoms with van der Waals surface area (Å²) in [5.74, 6) is -0.607. The average Bonchev–Trinajstić information content (AvgIpc) is 2.28. The van der Waals surface area contributed by atoms with Gasteiger partial charge in [0.2, 0.25) is 11.8 Å². The fourth-order valence-corrected chi connectivity index (χ4v) is 2.26. The molecule has 1 rings (SSSR count). The Morgan fingerprint density at radius 3 is 2.38 bits per heavy atom. The monoisotopic (exact) mass is 291 g/mol. The van der Waals surface area contributed by atoms with Crippen molar-refractivity contribution >= 4 is 17.5 Å². The van der Waals surface area contributed by atoms with Gasteiger partial charge in [-0.25, -0.2) is 0 Å². The maximum atomic E-state index is 12.0. The van der Waals surface area contributed by atoms with Crippen LogP contribution in [0.2, 0.25) is 0 Å². The average molecular weight is 291 g/mol. The van der Waals surface area contributed by atoms with Crippen molar-refractivity contribution in [3.05, 3.63) is 29.3 Å². The van der Waals surface area contributed by atoms with Gasteiger partial charge in [-0.05, 0) is 42.5 Å². The number of rotatable bonds is 5. The zero-order chi connectivity index (χ0) is 16.2. The molecule has 0 heterocycles. The summed E-state index contributed by atoms with van der Waals surface area (Å²) in [4.78, 5) is 23.1. The van der Waals surface area contributed by atoms with Gasteiger partial charge < -0.3 is 16.8 Å². The zero-order valence-corrected chi connectivity index (χ0v) is 13.2. The Balaban J connectivity index is 2.65. The van der Waals surface area contributed by atoms with Crippen LogP contribution in [0.5, 0.6) is 0 Å². The fourth-order valence-electron chi connectivity index (χ4n) is 2.26. The van der Waals surface area contributed by atoms with E-state index in [1.165, 1.54) is 0 Å². The number of nitrogens with two attached hydrogens (primary N) is 2. The molecule has 1 aromatic rings. The van der Waals surface area contributed by atoms with Crippen molar-refractivity contribution in [3.8, 4) is 0 Å². The minimum Gasteiger partial charge on any atom is -0.366 e. The Hall–Kier alpha value is -1.88. The lowest BCUT2D eigenvalue weighted by molar-refractivity contribution is -0.116. The third kappa shape index (κ3) is 5.95. The lowest BCUT2D eigenvalue weighted by Crippen LogP contribution is -2.31. The Labute approximate surface area is 126 Å². The molecule has 0 bridgehead atoms. The predicted molar refractivity (Wildman–Crippen MR) is 85.0 cm³/mol. The van der Waals surface area contributed by atoms with Gasteiger partial charge in [-0.1, -0.05) is 20.8 Å². The van der Waals surface area contributed by atoms with E-state index in [2.05, 4.69) is 26.1 Å². The molecule has 116 valence electrons. The van der Waals surface area contributed by atoms with Crippen LogP contribution in [0.3, 0.4) is 0 Å². The number of anilines is 1. The van der Waals surface area contributed by atoms with Crippen LogP contribution >= 0.6 is 0 Å². The van der Waals surface area contributed by atoms with Crippen LogP contribution in [-0.2, 0) is 4.79 Å². The minimum absolute atomic E-state index is 0.0960. The molecule has 0 saturated heterocycles. The highest BCUT2D eigenvalue weighted by Gasteiger charge is 2.18. The van der Waals surface area contributed by atoms with Gasteiger partial charge in [-0.3, -0.25) is 9.59 Å². The van der Waals surface area contributed by atoms with Crippen molar-refractivity contribution in [1.82, 2.24) is 0 Å². The van der Waals surface area contributed by atoms with Gasteiger partial charge in [0.15, 0.2) is 0 Å². The molecule has 21 heavy (non-hydrogen) atoms. The van der Waals surface area contributed by atoms with Crippen LogP contribution in [-0.4, -0.2) is 17.9 Å². The number of carbonyl (C=O) groups excluding carboxylic acids is 2. The number of aryl methyl sites for hydroxylation is 1. The van der Waals surface area contributed by atoms with Crippen molar-refractivity contribution in [1.29, 1.82) is 0 Å². The molecule has 0 aromatic heterocycles. The van der Waals surface area contributed by atoms with Crippen molar-refractivity contribution in [2.75, 3.05) is 5.32 Å². The smallest absolute Gasteiger partial charge is 0.248 e. The summed E-state index contributed by atoms with van der Waals surface area (Å²) >= 11 is 0. The molecule has 5 heteroatoms. The third-order valence-electron chi connectivity index (χ3n) is 3.11. The van der Waals surface area contributed by atoms with Crippen molar-refractivity contribution < 1.29 is 9.59 Å². The molecule has 0 aliphatic carbocycles. The number of hydrogen-bond acceptors (Lipinski definition) is 3. The summed E-state index contributed by atoms with van der Waals surface area (Å²) in [6.45, 7) is 8.10. The Bertz CT molecular complexity index is 533. The van der Waals surface area contributed by atoms with Crippen molar-refractivity contribution in [3.63, 3.8) is 0 Å². The summed E-state index contributed by atoms with van der Waals surface area (Å²) in [5, 5.41) is 2.82. The molecular weight excluding hydrogens is 266 g/mol. The highest BCUT2D eigenvalue weighted by atomic mass is 16.2. The number of primary amides is 1. The van der Waals surface area contributed by atoms with E-state index in [4.69, 9.17) is 11.5 Å². The standard InChI is InChI=1S/C16H25N3O2/c1-10-7-11(15(18)21)5-6-13(10)19-14(20)8-12(17)9-16(2,3)4/h5-7,12H,8-9,17H2,1-4H3,(H2,18,21)(H,19,20). The second-order valence-corrected chi connectivity index (χ2v) is 6.67. The van der Waals surface area contributed by atoms with E-state index in [1.54, 1.807) is 18.2 Å². The third-order valence-corrected chi connectivity index (χ3v) is 3.11. The number of amides is 2. The zero-order valence-electron chi connectivity index (χ0n) is 13.2. The Morgan fingerprint density at radius 2 is 1.90 bits per heavy atom. The van der Waals surface area contributed by atoms with Gasteiger partial charge in [-0.15, -0.1) is 0 Å². The first-order chi connectivity index (χ1) is 9.58. The van der Waals surface area contributed by atoms with E-state index in [1.807, 2.05) is 6.92 Å². The Morgan fingerprint density at radius 1 is 1.29 bits per heavy atom. The molecule has 0 aliphatic rings. The van der Waals surface area contributed by atoms with Crippen LogP contribution in [0, 0.1) is 12.3 Å². The second kappa shape index (κ2) is 6.72. The molecular formula is C16H25N3O2. The first-order valence-corrected chi connectivity index (χ1v) is 7.04. The molecule has 5 nitrogen and oxygen atoms in total. The summed E-state index contributed by atoms with van der Waals surface area (Å²) in [6, 6.07) is 4.77. The van der Waals surface area contributed by atoms with E-state index in [0.29, 0.717) is 11.3 Å². The van der Waals surface area contributed by atoms with Crippen molar-refractivity contribution in [2.45, 2.75) is 46.6 Å². The SMILES string of the molecule is Cc1cc(C(N)=O)ccc1NC(=O)CC(N)CC(C)(C)C. The lowest BCUT2D eigenvalue weighted by atomic mass is 9.87. The largest absolute Gasteiger partial charge is 0.366 e. The fraction of sp³-hybridized carbons (Fsp3) is 0.500. The molecule has 0 radical (unpaired) electrons. The van der Waals surface area contributed by atoms with E-state index in [9.17, 15) is 9.59 Å². The molecule has 0 fully saturated rings. The first kappa shape index (κ1) is 17.2. The van der Waals surface area contributed by atoms with Gasteiger partial charge in [0, 0.05) is 23.7 Å². The molecule has 5 N–H and O–H groups in total. The van der Waals surface area contributed by atoms with Crippen LogP contribution in [0.15, 0.2) is 18.2 Å². The van der Waals surface area contributed by atoms with Crippen LogP contribution in [0.1, 0.15) is 49.5 Å². The predicted octanol–water partition coefficient (Wildman–Crippen LogP) is 2.19. The number of carbonyl (C=O) groups is 2. The normalized spacial score (nSPS) is 12.8. The van der Waals surface area contributed by atoms with E-state index in [-0.39, 0.29) is 23.8 Å². The van der Waals surface area contributed by atoms with Crippen LogP contribution in [0.4, 0.5) is 5.69 Å². The number of hydrogen-bond donors (Lipinski definition) is 3. The van der Waals surface area contributed by atoms with E-state index in [0.717, 1.165) is 12.0 Å². The molecule has 0 saturated carbocycles. The molecule has 0 spiro atoms. The van der Waals surface area contributed by atoms with Crippen molar-refractivity contribution in [2.24, 2.45) is 16.9 Å². The molecule has 1 atom stereocenters. The number of benzene rings is 1. The summed E-state index contributed by atoms with van der Waals surface area (Å²) < 4.78 is 0. The van der Waals surface area contributed by atoms with E-state index < -0.39 is 5.91 Å². The summed E-state index contributed by atoms with van der Waals surface area (Å²) in [7, 11) is 0. The highest BCUT2D eigenvalue weighted by Crippen LogP contribution is 2.22. The summed E-state index contributed by atoms with van der Waals surface area (Å²) in [6.07, 6.45) is 1.05. The minimum atomic E-state index is -0.483. The van der Waals surface area contributed by atoms with Crippen LogP contribution in [0.25, 0.3) is 0 Å². The highest BCUT2D eigenvalue weighted by molar-refractivity contribution is 5.95. The van der Waals surface area contributed by atoms with Gasteiger partial charge in [0.1, 0.15) is 0 Å². The maximum absolute atomic E-state index is 12.0. The second-order valence-electron chi connectivity index (χ2n) is 6.67. The molecule has 0 aliphatic heterocycles. The van der Waals surface area contributed by atoms with Gasteiger partial charge in [0.25, 0.3) is 0 Å². The van der Waals surface area contributed by atoms with Crippen LogP contribution < -0.4 is 16.8 Å². The maximum Gasteiger partial charge on any atom is 0.248 e. The number of nitrogens with one attached hydrogen (secondary N) is 1. The Kier molecular flexibility index (Phi) is 5.49. The topological polar surface area (TPSA) is 98.2 Å². The molecule has 2 amide bonds. The quantitative estimate of drug-likeness (QED) is 0.775. The molecule has 1 aromatic carbocycles. The lowest BCUT2D eigenvalue weighted by Gasteiger charge is -2.22. The van der Waals surface area contributed by atoms with E-state index >= 15 is 0 Å². The molecule has 1 unspecified atom stereocenters. The van der Waals surface area contributed by atoms with Gasteiger partial charge in [0.05, 0.1) is 0 Å². The van der Waals surface area contributed by atoms with Gasteiger partial charge >= 0.3 is 0 Å². The summed E-state index contributed by atoms with van der Waals surface area (Å²) in [5.41, 5.74) is 13.2. The first-order valence-electron chi connectivity index (χ1n) is 7.04.